The van der Waals surface area contributed by atoms with E-state index < -0.39 is 11.8 Å². The molecule has 0 unspecified atom stereocenters. The fraction of sp³-hybridized carbons (Fsp3) is 0.143. The second-order valence-electron chi connectivity index (χ2n) is 6.09. The van der Waals surface area contributed by atoms with Crippen molar-refractivity contribution in [2.75, 3.05) is 26.1 Å². The van der Waals surface area contributed by atoms with Gasteiger partial charge in [-0.3, -0.25) is 9.59 Å². The molecule has 3 rings (SSSR count). The van der Waals surface area contributed by atoms with Gasteiger partial charge in [0.2, 0.25) is 0 Å². The van der Waals surface area contributed by atoms with Crippen molar-refractivity contribution in [1.82, 2.24) is 0 Å². The first-order valence-corrected chi connectivity index (χ1v) is 8.97. The maximum absolute atomic E-state index is 13.0. The SMILES string of the molecule is COc1cc(NC(=O)c2cc3ccccc3cc2OCC(N)=O)c(OC)cc1Cl. The molecule has 0 saturated carbocycles. The van der Waals surface area contributed by atoms with Gasteiger partial charge in [0.15, 0.2) is 6.61 Å². The third-order valence-electron chi connectivity index (χ3n) is 4.18. The second-order valence-corrected chi connectivity index (χ2v) is 6.50. The Morgan fingerprint density at radius 1 is 0.966 bits per heavy atom. The standard InChI is InChI=1S/C21H19ClN2O5/c1-27-18-10-16(19(28-2)9-15(18)22)24-21(26)14-7-12-5-3-4-6-13(12)8-17(14)29-11-20(23)25/h3-10H,11H2,1-2H3,(H2,23,25)(H,24,26). The molecule has 0 fully saturated rings. The average Bonchev–Trinajstić information content (AvgIpc) is 2.72. The second kappa shape index (κ2) is 8.70. The number of ether oxygens (including phenoxy) is 3. The van der Waals surface area contributed by atoms with Crippen molar-refractivity contribution in [1.29, 1.82) is 0 Å². The van der Waals surface area contributed by atoms with Crippen LogP contribution in [0.3, 0.4) is 0 Å². The summed E-state index contributed by atoms with van der Waals surface area (Å²) >= 11 is 6.11. The van der Waals surface area contributed by atoms with Crippen LogP contribution in [-0.2, 0) is 4.79 Å². The van der Waals surface area contributed by atoms with Crippen molar-refractivity contribution in [3.05, 3.63) is 59.1 Å². The predicted molar refractivity (Wildman–Crippen MR) is 111 cm³/mol. The lowest BCUT2D eigenvalue weighted by atomic mass is 10.0. The molecule has 3 N–H and O–H groups in total. The summed E-state index contributed by atoms with van der Waals surface area (Å²) in [6.07, 6.45) is 0. The zero-order chi connectivity index (χ0) is 21.0. The highest BCUT2D eigenvalue weighted by atomic mass is 35.5. The van der Waals surface area contributed by atoms with Crippen LogP contribution in [0.1, 0.15) is 10.4 Å². The summed E-state index contributed by atoms with van der Waals surface area (Å²) in [5, 5.41) is 4.81. The Morgan fingerprint density at radius 3 is 2.24 bits per heavy atom. The van der Waals surface area contributed by atoms with Crippen LogP contribution in [0.2, 0.25) is 5.02 Å². The summed E-state index contributed by atoms with van der Waals surface area (Å²) in [7, 11) is 2.93. The van der Waals surface area contributed by atoms with E-state index in [1.807, 2.05) is 24.3 Å². The van der Waals surface area contributed by atoms with Crippen molar-refractivity contribution >= 4 is 39.9 Å². The number of nitrogens with one attached hydrogen (secondary N) is 1. The van der Waals surface area contributed by atoms with Crippen LogP contribution in [0.25, 0.3) is 10.8 Å². The molecule has 150 valence electrons. The fourth-order valence-electron chi connectivity index (χ4n) is 2.81. The van der Waals surface area contributed by atoms with Gasteiger partial charge in [-0.15, -0.1) is 0 Å². The summed E-state index contributed by atoms with van der Waals surface area (Å²) < 4.78 is 16.0. The van der Waals surface area contributed by atoms with Gasteiger partial charge in [-0.25, -0.2) is 0 Å². The highest BCUT2D eigenvalue weighted by molar-refractivity contribution is 6.32. The summed E-state index contributed by atoms with van der Waals surface area (Å²) in [4.78, 5) is 24.2. The normalized spacial score (nSPS) is 10.4. The Morgan fingerprint density at radius 2 is 1.62 bits per heavy atom. The number of nitrogens with two attached hydrogens (primary N) is 1. The van der Waals surface area contributed by atoms with Crippen molar-refractivity contribution in [2.24, 2.45) is 5.73 Å². The molecule has 0 aliphatic carbocycles. The van der Waals surface area contributed by atoms with E-state index in [9.17, 15) is 9.59 Å². The summed E-state index contributed by atoms with van der Waals surface area (Å²) in [6, 6.07) is 13.9. The van der Waals surface area contributed by atoms with Gasteiger partial charge >= 0.3 is 0 Å². The first kappa shape index (κ1) is 20.3. The van der Waals surface area contributed by atoms with Crippen molar-refractivity contribution < 1.29 is 23.8 Å². The molecule has 8 heteroatoms. The molecule has 0 radical (unpaired) electrons. The molecule has 0 atom stereocenters. The number of hydrogen-bond donors (Lipinski definition) is 2. The molecule has 0 aliphatic rings. The number of fused-ring (bicyclic) bond motifs is 1. The van der Waals surface area contributed by atoms with E-state index in [4.69, 9.17) is 31.5 Å². The molecule has 0 aromatic heterocycles. The van der Waals surface area contributed by atoms with Crippen molar-refractivity contribution in [2.45, 2.75) is 0 Å². The van der Waals surface area contributed by atoms with Gasteiger partial charge < -0.3 is 25.3 Å². The smallest absolute Gasteiger partial charge is 0.259 e. The Labute approximate surface area is 172 Å². The molecule has 0 aliphatic heterocycles. The van der Waals surface area contributed by atoms with E-state index in [-0.39, 0.29) is 17.9 Å². The molecule has 29 heavy (non-hydrogen) atoms. The fourth-order valence-corrected chi connectivity index (χ4v) is 3.04. The molecule has 0 bridgehead atoms. The Bertz CT molecular complexity index is 1080. The highest BCUT2D eigenvalue weighted by Crippen LogP contribution is 2.36. The lowest BCUT2D eigenvalue weighted by Crippen LogP contribution is -2.21. The van der Waals surface area contributed by atoms with Crippen LogP contribution in [0.4, 0.5) is 5.69 Å². The van der Waals surface area contributed by atoms with Gasteiger partial charge in [-0.1, -0.05) is 35.9 Å². The van der Waals surface area contributed by atoms with Crippen LogP contribution in [-0.4, -0.2) is 32.6 Å². The Balaban J connectivity index is 2.02. The minimum atomic E-state index is -0.645. The Kier molecular flexibility index (Phi) is 6.09. The minimum absolute atomic E-state index is 0.236. The number of primary amides is 1. The number of benzene rings is 3. The van der Waals surface area contributed by atoms with Gasteiger partial charge in [0, 0.05) is 12.1 Å². The number of halogens is 1. The number of methoxy groups -OCH3 is 2. The number of carbonyl (C=O) groups is 2. The van der Waals surface area contributed by atoms with E-state index in [0.29, 0.717) is 22.2 Å². The number of rotatable bonds is 7. The molecule has 0 spiro atoms. The van der Waals surface area contributed by atoms with Gasteiger partial charge in [-0.05, 0) is 22.9 Å². The van der Waals surface area contributed by atoms with Gasteiger partial charge in [0.25, 0.3) is 11.8 Å². The van der Waals surface area contributed by atoms with E-state index >= 15 is 0 Å². The van der Waals surface area contributed by atoms with Crippen LogP contribution < -0.4 is 25.3 Å². The first-order valence-electron chi connectivity index (χ1n) is 8.59. The largest absolute Gasteiger partial charge is 0.495 e. The van der Waals surface area contributed by atoms with Crippen molar-refractivity contribution in [3.8, 4) is 17.2 Å². The van der Waals surface area contributed by atoms with E-state index in [0.717, 1.165) is 10.8 Å². The minimum Gasteiger partial charge on any atom is -0.495 e. The van der Waals surface area contributed by atoms with Gasteiger partial charge in [0.05, 0.1) is 30.5 Å². The third kappa shape index (κ3) is 4.52. The van der Waals surface area contributed by atoms with Gasteiger partial charge in [0.1, 0.15) is 17.2 Å². The van der Waals surface area contributed by atoms with Crippen molar-refractivity contribution in [3.63, 3.8) is 0 Å². The van der Waals surface area contributed by atoms with Crippen LogP contribution in [0.15, 0.2) is 48.5 Å². The zero-order valence-corrected chi connectivity index (χ0v) is 16.6. The van der Waals surface area contributed by atoms with Crippen LogP contribution >= 0.6 is 11.6 Å². The summed E-state index contributed by atoms with van der Waals surface area (Å²) in [6.45, 7) is -0.350. The molecular formula is C21H19ClN2O5. The lowest BCUT2D eigenvalue weighted by Gasteiger charge is -2.15. The molecular weight excluding hydrogens is 396 g/mol. The molecule has 2 amide bonds. The number of hydrogen-bond acceptors (Lipinski definition) is 5. The van der Waals surface area contributed by atoms with Crippen LogP contribution in [0, 0.1) is 0 Å². The zero-order valence-electron chi connectivity index (χ0n) is 15.8. The van der Waals surface area contributed by atoms with Crippen LogP contribution in [0.5, 0.6) is 17.2 Å². The lowest BCUT2D eigenvalue weighted by molar-refractivity contribution is -0.119. The molecule has 3 aromatic carbocycles. The van der Waals surface area contributed by atoms with E-state index in [1.165, 1.54) is 14.2 Å². The molecule has 0 saturated heterocycles. The summed E-state index contributed by atoms with van der Waals surface area (Å²) in [5.74, 6) is -0.123. The van der Waals surface area contributed by atoms with Gasteiger partial charge in [-0.2, -0.15) is 0 Å². The number of anilines is 1. The predicted octanol–water partition coefficient (Wildman–Crippen LogP) is 3.63. The first-order chi connectivity index (χ1) is 13.9. The monoisotopic (exact) mass is 414 g/mol. The molecule has 0 heterocycles. The van der Waals surface area contributed by atoms with E-state index in [1.54, 1.807) is 24.3 Å². The Hall–Kier alpha value is -3.45. The third-order valence-corrected chi connectivity index (χ3v) is 4.48. The topological polar surface area (TPSA) is 99.9 Å². The summed E-state index contributed by atoms with van der Waals surface area (Å²) in [5.41, 5.74) is 5.78. The maximum atomic E-state index is 13.0. The molecule has 7 nitrogen and oxygen atoms in total. The molecule has 3 aromatic rings. The maximum Gasteiger partial charge on any atom is 0.259 e. The average molecular weight is 415 g/mol. The van der Waals surface area contributed by atoms with E-state index in [2.05, 4.69) is 5.32 Å². The quantitative estimate of drug-likeness (QED) is 0.615. The number of carbonyl (C=O) groups excluding carboxylic acids is 2. The number of amides is 2. The highest BCUT2D eigenvalue weighted by Gasteiger charge is 2.18.